The van der Waals surface area contributed by atoms with Crippen molar-refractivity contribution < 1.29 is 9.59 Å². The summed E-state index contributed by atoms with van der Waals surface area (Å²) in [5.41, 5.74) is 1.10. The van der Waals surface area contributed by atoms with Crippen LogP contribution in [0.3, 0.4) is 0 Å². The number of benzene rings is 1. The predicted octanol–water partition coefficient (Wildman–Crippen LogP) is 1.83. The van der Waals surface area contributed by atoms with E-state index < -0.39 is 0 Å². The van der Waals surface area contributed by atoms with Crippen molar-refractivity contribution in [2.45, 2.75) is 37.9 Å². The molecule has 0 aromatic heterocycles. The molecular weight excluding hydrogens is 308 g/mol. The summed E-state index contributed by atoms with van der Waals surface area (Å²) < 4.78 is 1.01. The summed E-state index contributed by atoms with van der Waals surface area (Å²) in [6.45, 7) is 0.599. The molecule has 3 rings (SSSR count). The van der Waals surface area contributed by atoms with E-state index in [1.54, 1.807) is 0 Å². The standard InChI is InChI=1S/C14H15BrN2O2/c15-10-3-1-2-9(6-10)8-16-12-7-13(18)17(14(12)19)11-4-5-11/h1-3,6,11-12,16H,4-5,7-8H2. The van der Waals surface area contributed by atoms with Gasteiger partial charge in [0.05, 0.1) is 12.5 Å². The van der Waals surface area contributed by atoms with Gasteiger partial charge in [-0.3, -0.25) is 14.5 Å². The molecule has 19 heavy (non-hydrogen) atoms. The number of nitrogens with one attached hydrogen (secondary N) is 1. The van der Waals surface area contributed by atoms with E-state index in [2.05, 4.69) is 21.2 Å². The molecule has 1 aromatic rings. The smallest absolute Gasteiger partial charge is 0.247 e. The summed E-state index contributed by atoms with van der Waals surface area (Å²) in [6, 6.07) is 7.75. The molecule has 4 nitrogen and oxygen atoms in total. The van der Waals surface area contributed by atoms with Crippen LogP contribution in [-0.4, -0.2) is 28.8 Å². The van der Waals surface area contributed by atoms with E-state index in [4.69, 9.17) is 0 Å². The van der Waals surface area contributed by atoms with Gasteiger partial charge in [0.15, 0.2) is 0 Å². The topological polar surface area (TPSA) is 49.4 Å². The number of hydrogen-bond donors (Lipinski definition) is 1. The Hall–Kier alpha value is -1.20. The Morgan fingerprint density at radius 3 is 2.79 bits per heavy atom. The Morgan fingerprint density at radius 2 is 2.11 bits per heavy atom. The number of imide groups is 1. The molecule has 1 saturated carbocycles. The van der Waals surface area contributed by atoms with Gasteiger partial charge in [0, 0.05) is 17.1 Å². The van der Waals surface area contributed by atoms with Crippen molar-refractivity contribution >= 4 is 27.7 Å². The molecule has 2 amide bonds. The zero-order chi connectivity index (χ0) is 13.4. The zero-order valence-corrected chi connectivity index (χ0v) is 12.0. The molecule has 1 aliphatic heterocycles. The molecule has 0 radical (unpaired) electrons. The summed E-state index contributed by atoms with van der Waals surface area (Å²) in [5, 5.41) is 3.19. The van der Waals surface area contributed by atoms with E-state index in [0.717, 1.165) is 22.9 Å². The average molecular weight is 323 g/mol. The molecule has 1 atom stereocenters. The third kappa shape index (κ3) is 2.72. The monoisotopic (exact) mass is 322 g/mol. The van der Waals surface area contributed by atoms with Gasteiger partial charge >= 0.3 is 0 Å². The highest BCUT2D eigenvalue weighted by molar-refractivity contribution is 9.10. The van der Waals surface area contributed by atoms with Crippen LogP contribution in [0.5, 0.6) is 0 Å². The predicted molar refractivity (Wildman–Crippen MR) is 74.3 cm³/mol. The van der Waals surface area contributed by atoms with Gasteiger partial charge in [0.2, 0.25) is 11.8 Å². The minimum atomic E-state index is -0.355. The SMILES string of the molecule is O=C1CC(NCc2cccc(Br)c2)C(=O)N1C1CC1. The molecule has 5 heteroatoms. The molecule has 100 valence electrons. The lowest BCUT2D eigenvalue weighted by Gasteiger charge is -2.14. The van der Waals surface area contributed by atoms with Gasteiger partial charge in [0.25, 0.3) is 0 Å². The van der Waals surface area contributed by atoms with Crippen LogP contribution >= 0.6 is 15.9 Å². The van der Waals surface area contributed by atoms with E-state index in [1.807, 2.05) is 24.3 Å². The van der Waals surface area contributed by atoms with Crippen LogP contribution in [0.1, 0.15) is 24.8 Å². The molecule has 1 saturated heterocycles. The quantitative estimate of drug-likeness (QED) is 0.860. The fourth-order valence-electron chi connectivity index (χ4n) is 2.41. The number of amides is 2. The van der Waals surface area contributed by atoms with Crippen molar-refractivity contribution in [3.05, 3.63) is 34.3 Å². The Balaban J connectivity index is 1.61. The Morgan fingerprint density at radius 1 is 1.32 bits per heavy atom. The highest BCUT2D eigenvalue weighted by Gasteiger charge is 2.45. The summed E-state index contributed by atoms with van der Waals surface area (Å²) >= 11 is 3.42. The van der Waals surface area contributed by atoms with Crippen molar-refractivity contribution in [2.24, 2.45) is 0 Å². The van der Waals surface area contributed by atoms with Crippen LogP contribution in [0.15, 0.2) is 28.7 Å². The largest absolute Gasteiger partial charge is 0.301 e. The van der Waals surface area contributed by atoms with Gasteiger partial charge in [-0.25, -0.2) is 0 Å². The average Bonchev–Trinajstić information content (AvgIpc) is 3.15. The molecule has 1 heterocycles. The second kappa shape index (κ2) is 5.06. The molecular formula is C14H15BrN2O2. The van der Waals surface area contributed by atoms with Crippen molar-refractivity contribution in [1.82, 2.24) is 10.2 Å². The Labute approximate surface area is 120 Å². The highest BCUT2D eigenvalue weighted by atomic mass is 79.9. The molecule has 2 aliphatic rings. The normalized spacial score (nSPS) is 23.2. The summed E-state index contributed by atoms with van der Waals surface area (Å²) in [7, 11) is 0. The fraction of sp³-hybridized carbons (Fsp3) is 0.429. The van der Waals surface area contributed by atoms with E-state index in [1.165, 1.54) is 4.90 Å². The Kier molecular flexibility index (Phi) is 3.41. The molecule has 1 unspecified atom stereocenters. The van der Waals surface area contributed by atoms with Crippen molar-refractivity contribution in [2.75, 3.05) is 0 Å². The number of carbonyl (C=O) groups excluding carboxylic acids is 2. The van der Waals surface area contributed by atoms with Crippen LogP contribution in [0, 0.1) is 0 Å². The number of halogens is 1. The molecule has 0 spiro atoms. The summed E-state index contributed by atoms with van der Waals surface area (Å²) in [5.74, 6) is -0.0817. The number of likely N-dealkylation sites (tertiary alicyclic amines) is 1. The maximum absolute atomic E-state index is 12.1. The molecule has 2 fully saturated rings. The van der Waals surface area contributed by atoms with Gasteiger partial charge in [-0.05, 0) is 30.5 Å². The first-order valence-corrected chi connectivity index (χ1v) is 7.28. The molecule has 1 N–H and O–H groups in total. The van der Waals surface area contributed by atoms with Gasteiger partial charge in [-0.1, -0.05) is 28.1 Å². The van der Waals surface area contributed by atoms with Gasteiger partial charge in [0.1, 0.15) is 0 Å². The summed E-state index contributed by atoms with van der Waals surface area (Å²) in [4.78, 5) is 25.4. The highest BCUT2D eigenvalue weighted by Crippen LogP contribution is 2.31. The van der Waals surface area contributed by atoms with Crippen molar-refractivity contribution in [3.63, 3.8) is 0 Å². The second-order valence-corrected chi connectivity index (χ2v) is 6.02. The fourth-order valence-corrected chi connectivity index (χ4v) is 2.86. The van der Waals surface area contributed by atoms with Crippen LogP contribution in [0.4, 0.5) is 0 Å². The Bertz CT molecular complexity index is 528. The minimum absolute atomic E-state index is 0.0285. The summed E-state index contributed by atoms with van der Waals surface area (Å²) in [6.07, 6.45) is 2.23. The van der Waals surface area contributed by atoms with Crippen LogP contribution in [0.2, 0.25) is 0 Å². The van der Waals surface area contributed by atoms with Crippen molar-refractivity contribution in [3.8, 4) is 0 Å². The first-order chi connectivity index (χ1) is 9.15. The van der Waals surface area contributed by atoms with Crippen LogP contribution < -0.4 is 5.32 Å². The maximum Gasteiger partial charge on any atom is 0.247 e. The second-order valence-electron chi connectivity index (χ2n) is 5.10. The van der Waals surface area contributed by atoms with Gasteiger partial charge in [-0.15, -0.1) is 0 Å². The van der Waals surface area contributed by atoms with E-state index in [-0.39, 0.29) is 23.9 Å². The first kappa shape index (κ1) is 12.8. The lowest BCUT2D eigenvalue weighted by Crippen LogP contribution is -2.39. The van der Waals surface area contributed by atoms with E-state index >= 15 is 0 Å². The first-order valence-electron chi connectivity index (χ1n) is 6.49. The molecule has 1 aromatic carbocycles. The zero-order valence-electron chi connectivity index (χ0n) is 10.4. The number of nitrogens with zero attached hydrogens (tertiary/aromatic N) is 1. The molecule has 1 aliphatic carbocycles. The third-order valence-corrected chi connectivity index (χ3v) is 4.03. The minimum Gasteiger partial charge on any atom is -0.301 e. The number of carbonyl (C=O) groups is 2. The van der Waals surface area contributed by atoms with E-state index in [0.29, 0.717) is 13.0 Å². The van der Waals surface area contributed by atoms with Crippen molar-refractivity contribution in [1.29, 1.82) is 0 Å². The van der Waals surface area contributed by atoms with Gasteiger partial charge < -0.3 is 5.32 Å². The lowest BCUT2D eigenvalue weighted by atomic mass is 10.2. The van der Waals surface area contributed by atoms with Crippen LogP contribution in [0.25, 0.3) is 0 Å². The number of rotatable bonds is 4. The molecule has 0 bridgehead atoms. The third-order valence-electron chi connectivity index (χ3n) is 3.54. The van der Waals surface area contributed by atoms with Crippen LogP contribution in [-0.2, 0) is 16.1 Å². The maximum atomic E-state index is 12.1. The van der Waals surface area contributed by atoms with E-state index in [9.17, 15) is 9.59 Å². The lowest BCUT2D eigenvalue weighted by molar-refractivity contribution is -0.139. The number of hydrogen-bond acceptors (Lipinski definition) is 3. The van der Waals surface area contributed by atoms with Gasteiger partial charge in [-0.2, -0.15) is 0 Å².